The largest absolute Gasteiger partial charge is 0.379 e. The van der Waals surface area contributed by atoms with Crippen LogP contribution in [0.15, 0.2) is 24.3 Å². The number of rotatable bonds is 3. The minimum atomic E-state index is -1.12. The number of hydrogen-bond donors (Lipinski definition) is 1. The molecule has 2 heterocycles. The third-order valence-electron chi connectivity index (χ3n) is 4.38. The van der Waals surface area contributed by atoms with Gasteiger partial charge in [-0.3, -0.25) is 9.69 Å². The van der Waals surface area contributed by atoms with Gasteiger partial charge in [0.1, 0.15) is 0 Å². The van der Waals surface area contributed by atoms with Crippen molar-refractivity contribution in [3.63, 3.8) is 0 Å². The second kappa shape index (κ2) is 6.79. The summed E-state index contributed by atoms with van der Waals surface area (Å²) in [7, 11) is 0. The zero-order valence-corrected chi connectivity index (χ0v) is 14.1. The second-order valence-electron chi connectivity index (χ2n) is 6.03. The summed E-state index contributed by atoms with van der Waals surface area (Å²) in [6.45, 7) is 3.95. The molecular weight excluding hydrogens is 320 g/mol. The average molecular weight is 341 g/mol. The average Bonchev–Trinajstić information content (AvgIpc) is 2.98. The van der Waals surface area contributed by atoms with Gasteiger partial charge in [0.2, 0.25) is 0 Å². The van der Waals surface area contributed by atoms with E-state index >= 15 is 0 Å². The van der Waals surface area contributed by atoms with E-state index < -0.39 is 5.60 Å². The van der Waals surface area contributed by atoms with Gasteiger partial charge in [-0.15, -0.1) is 0 Å². The van der Waals surface area contributed by atoms with E-state index in [0.29, 0.717) is 25.3 Å². The maximum Gasteiger partial charge on any atom is 0.255 e. The number of aliphatic hydroxyl groups is 1. The number of nitrogens with zero attached hydrogens (tertiary/aromatic N) is 2. The molecule has 1 atom stereocenters. The van der Waals surface area contributed by atoms with Crippen LogP contribution in [0.3, 0.4) is 0 Å². The molecule has 6 heteroatoms. The van der Waals surface area contributed by atoms with Crippen LogP contribution >= 0.6 is 23.4 Å². The molecule has 2 aliphatic heterocycles. The monoisotopic (exact) mass is 340 g/mol. The predicted octanol–water partition coefficient (Wildman–Crippen LogP) is 1.85. The number of carbonyl (C=O) groups excluding carboxylic acids is 1. The van der Waals surface area contributed by atoms with Gasteiger partial charge in [-0.05, 0) is 29.9 Å². The minimum absolute atomic E-state index is 0.0800. The fourth-order valence-corrected chi connectivity index (χ4v) is 4.33. The van der Waals surface area contributed by atoms with E-state index in [4.69, 9.17) is 11.6 Å². The molecule has 2 fully saturated rings. The second-order valence-corrected chi connectivity index (χ2v) is 7.57. The molecule has 1 unspecified atom stereocenters. The van der Waals surface area contributed by atoms with Crippen molar-refractivity contribution in [2.24, 2.45) is 0 Å². The summed E-state index contributed by atoms with van der Waals surface area (Å²) in [5, 5.41) is 11.2. The van der Waals surface area contributed by atoms with E-state index in [1.807, 2.05) is 29.2 Å². The van der Waals surface area contributed by atoms with Crippen LogP contribution in [-0.2, 0) is 11.3 Å². The van der Waals surface area contributed by atoms with Gasteiger partial charge in [0.05, 0.1) is 0 Å². The van der Waals surface area contributed by atoms with Gasteiger partial charge in [0.25, 0.3) is 5.91 Å². The maximum atomic E-state index is 12.5. The molecule has 0 aliphatic carbocycles. The minimum Gasteiger partial charge on any atom is -0.379 e. The van der Waals surface area contributed by atoms with Gasteiger partial charge in [-0.1, -0.05) is 23.7 Å². The van der Waals surface area contributed by atoms with Crippen molar-refractivity contribution in [1.82, 2.24) is 9.80 Å². The van der Waals surface area contributed by atoms with E-state index in [0.717, 1.165) is 30.4 Å². The molecule has 0 saturated carbocycles. The van der Waals surface area contributed by atoms with Crippen molar-refractivity contribution < 1.29 is 9.90 Å². The molecule has 1 aromatic rings. The SMILES string of the molecule is O=C(N1CCN(Cc2ccc(Cl)cc2)CC1)C1(O)CCSC1. The molecule has 0 aromatic heterocycles. The van der Waals surface area contributed by atoms with Crippen LogP contribution < -0.4 is 0 Å². The lowest BCUT2D eigenvalue weighted by Gasteiger charge is -2.37. The third-order valence-corrected chi connectivity index (χ3v) is 5.80. The molecule has 1 amide bonds. The first-order valence-corrected chi connectivity index (χ1v) is 9.16. The number of benzene rings is 1. The Morgan fingerprint density at radius 1 is 1.23 bits per heavy atom. The topological polar surface area (TPSA) is 43.8 Å². The smallest absolute Gasteiger partial charge is 0.255 e. The van der Waals surface area contributed by atoms with Crippen molar-refractivity contribution in [2.45, 2.75) is 18.6 Å². The van der Waals surface area contributed by atoms with Gasteiger partial charge in [-0.2, -0.15) is 11.8 Å². The highest BCUT2D eigenvalue weighted by Gasteiger charge is 2.42. The zero-order chi connectivity index (χ0) is 15.6. The van der Waals surface area contributed by atoms with Crippen molar-refractivity contribution in [3.05, 3.63) is 34.9 Å². The summed E-state index contributed by atoms with van der Waals surface area (Å²) in [4.78, 5) is 16.6. The number of amides is 1. The Balaban J connectivity index is 1.52. The Bertz CT molecular complexity index is 523. The summed E-state index contributed by atoms with van der Waals surface area (Å²) in [5.41, 5.74) is 0.109. The lowest BCUT2D eigenvalue weighted by atomic mass is 10.0. The van der Waals surface area contributed by atoms with Crippen molar-refractivity contribution in [3.8, 4) is 0 Å². The third kappa shape index (κ3) is 3.59. The Morgan fingerprint density at radius 3 is 2.50 bits per heavy atom. The van der Waals surface area contributed by atoms with Gasteiger partial charge >= 0.3 is 0 Å². The first kappa shape index (κ1) is 16.1. The first-order chi connectivity index (χ1) is 10.6. The van der Waals surface area contributed by atoms with Crippen LogP contribution in [0, 0.1) is 0 Å². The summed E-state index contributed by atoms with van der Waals surface area (Å²) in [6, 6.07) is 7.89. The number of piperazine rings is 1. The molecule has 120 valence electrons. The normalized spacial score (nSPS) is 26.4. The number of hydrogen-bond acceptors (Lipinski definition) is 4. The molecule has 0 radical (unpaired) electrons. The van der Waals surface area contributed by atoms with E-state index in [2.05, 4.69) is 4.90 Å². The number of thioether (sulfide) groups is 1. The van der Waals surface area contributed by atoms with Gasteiger partial charge in [0, 0.05) is 43.5 Å². The van der Waals surface area contributed by atoms with Crippen LogP contribution in [0.2, 0.25) is 5.02 Å². The van der Waals surface area contributed by atoms with Crippen LogP contribution in [0.25, 0.3) is 0 Å². The van der Waals surface area contributed by atoms with E-state index in [9.17, 15) is 9.90 Å². The van der Waals surface area contributed by atoms with Crippen molar-refractivity contribution in [2.75, 3.05) is 37.7 Å². The van der Waals surface area contributed by atoms with Gasteiger partial charge in [-0.25, -0.2) is 0 Å². The molecule has 0 bridgehead atoms. The van der Waals surface area contributed by atoms with Gasteiger partial charge < -0.3 is 10.0 Å². The quantitative estimate of drug-likeness (QED) is 0.912. The fraction of sp³-hybridized carbons (Fsp3) is 0.562. The summed E-state index contributed by atoms with van der Waals surface area (Å²) in [6.07, 6.45) is 0.585. The van der Waals surface area contributed by atoms with Crippen molar-refractivity contribution >= 4 is 29.3 Å². The highest BCUT2D eigenvalue weighted by molar-refractivity contribution is 7.99. The van der Waals surface area contributed by atoms with E-state index in [1.165, 1.54) is 5.56 Å². The molecule has 2 aliphatic rings. The van der Waals surface area contributed by atoms with Crippen LogP contribution in [0.1, 0.15) is 12.0 Å². The highest BCUT2D eigenvalue weighted by Crippen LogP contribution is 2.30. The van der Waals surface area contributed by atoms with Gasteiger partial charge in [0.15, 0.2) is 5.60 Å². The lowest BCUT2D eigenvalue weighted by molar-refractivity contribution is -0.150. The molecular formula is C16H21ClN2O2S. The number of halogens is 1. The Morgan fingerprint density at radius 2 is 1.91 bits per heavy atom. The van der Waals surface area contributed by atoms with Crippen molar-refractivity contribution in [1.29, 1.82) is 0 Å². The van der Waals surface area contributed by atoms with Crippen LogP contribution in [0.5, 0.6) is 0 Å². The van der Waals surface area contributed by atoms with Crippen LogP contribution in [0.4, 0.5) is 0 Å². The Labute approximate surface area is 140 Å². The molecule has 1 N–H and O–H groups in total. The summed E-state index contributed by atoms with van der Waals surface area (Å²) in [5.74, 6) is 1.33. The summed E-state index contributed by atoms with van der Waals surface area (Å²) >= 11 is 7.56. The molecule has 4 nitrogen and oxygen atoms in total. The molecule has 1 aromatic carbocycles. The molecule has 3 rings (SSSR count). The molecule has 0 spiro atoms. The number of carbonyl (C=O) groups is 1. The lowest BCUT2D eigenvalue weighted by Crippen LogP contribution is -2.55. The zero-order valence-electron chi connectivity index (χ0n) is 12.5. The van der Waals surface area contributed by atoms with E-state index in [-0.39, 0.29) is 5.91 Å². The Kier molecular flexibility index (Phi) is 4.97. The maximum absolute atomic E-state index is 12.5. The van der Waals surface area contributed by atoms with Crippen LogP contribution in [-0.4, -0.2) is 64.1 Å². The Hall–Kier alpha value is -0.750. The summed E-state index contributed by atoms with van der Waals surface area (Å²) < 4.78 is 0. The van der Waals surface area contributed by atoms with E-state index in [1.54, 1.807) is 11.8 Å². The standard InChI is InChI=1S/C16H21ClN2O2S/c17-14-3-1-13(2-4-14)11-18-6-8-19(9-7-18)15(20)16(21)5-10-22-12-16/h1-4,21H,5-12H2. The molecule has 22 heavy (non-hydrogen) atoms. The predicted molar refractivity (Wildman–Crippen MR) is 90.2 cm³/mol. The first-order valence-electron chi connectivity index (χ1n) is 7.63. The molecule has 2 saturated heterocycles. The highest BCUT2D eigenvalue weighted by atomic mass is 35.5. The fourth-order valence-electron chi connectivity index (χ4n) is 2.97.